The van der Waals surface area contributed by atoms with Crippen LogP contribution in [0.1, 0.15) is 125 Å². The smallest absolute Gasteiger partial charge is 0.0502 e. The van der Waals surface area contributed by atoms with Crippen molar-refractivity contribution >= 4 is 17.8 Å². The lowest BCUT2D eigenvalue weighted by molar-refractivity contribution is 0.382. The molecule has 320 valence electrons. The molecule has 3 aromatic carbocycles. The molecule has 11 rings (SSSR count). The molecule has 0 N–H and O–H groups in total. The highest BCUT2D eigenvalue weighted by Gasteiger charge is 2.48. The highest BCUT2D eigenvalue weighted by Crippen LogP contribution is 2.57. The van der Waals surface area contributed by atoms with Crippen LogP contribution in [0.2, 0.25) is 0 Å². The lowest BCUT2D eigenvalue weighted by atomic mass is 9.71. The Labute approximate surface area is 382 Å². The summed E-state index contributed by atoms with van der Waals surface area (Å²) in [5.41, 5.74) is 21.4. The average Bonchev–Trinajstić information content (AvgIpc) is 3.57. The zero-order valence-corrected chi connectivity index (χ0v) is 38.8. The number of allylic oxidation sites excluding steroid dienone is 19. The van der Waals surface area contributed by atoms with Crippen LogP contribution in [0.25, 0.3) is 12.2 Å². The molecule has 2 heterocycles. The number of benzene rings is 3. The second-order valence-electron chi connectivity index (χ2n) is 20.8. The van der Waals surface area contributed by atoms with Gasteiger partial charge in [-0.15, -0.1) is 0 Å². The standard InChI is InChI=1S/C62H62N2/c1-9-17-50-56(10-2)63(59-23-16-13-20-51(59)60(50,3)4)44-30-34-48-46-32-26-40(36-52(46)61(5,6)54(48)38-44)24-25-41-27-33-47-49-35-31-45(39-55(49)62(7,8)53(47)37-41)64-57-21-14-11-18-42(57)28-29-43-19-12-15-22-58(43)64/h9-11,13,15-18,20,22-39,48-49,54-55H,2,12,14,19,21H2,1,3-8H3/b17-9-,25-24+. The van der Waals surface area contributed by atoms with Crippen molar-refractivity contribution in [2.75, 3.05) is 4.90 Å². The van der Waals surface area contributed by atoms with Crippen molar-refractivity contribution in [3.8, 4) is 0 Å². The summed E-state index contributed by atoms with van der Waals surface area (Å²) in [6, 6.07) is 23.4. The number of fused-ring (bicyclic) bond motifs is 7. The van der Waals surface area contributed by atoms with Crippen molar-refractivity contribution in [3.63, 3.8) is 0 Å². The van der Waals surface area contributed by atoms with Gasteiger partial charge in [0.15, 0.2) is 0 Å². The third kappa shape index (κ3) is 6.12. The molecular formula is C62H62N2. The van der Waals surface area contributed by atoms with Crippen LogP contribution >= 0.6 is 0 Å². The Morgan fingerprint density at radius 1 is 0.625 bits per heavy atom. The third-order valence-electron chi connectivity index (χ3n) is 16.2. The van der Waals surface area contributed by atoms with E-state index in [0.717, 1.165) is 31.4 Å². The van der Waals surface area contributed by atoms with Gasteiger partial charge in [0.1, 0.15) is 0 Å². The van der Waals surface area contributed by atoms with Crippen LogP contribution in [0, 0.1) is 11.8 Å². The van der Waals surface area contributed by atoms with Gasteiger partial charge in [0.2, 0.25) is 0 Å². The summed E-state index contributed by atoms with van der Waals surface area (Å²) in [4.78, 5) is 5.06. The first-order valence-electron chi connectivity index (χ1n) is 23.9. The largest absolute Gasteiger partial charge is 0.314 e. The van der Waals surface area contributed by atoms with E-state index in [2.05, 4.69) is 229 Å². The minimum absolute atomic E-state index is 0.00991. The maximum atomic E-state index is 4.36. The lowest BCUT2D eigenvalue weighted by Gasteiger charge is -2.44. The fourth-order valence-corrected chi connectivity index (χ4v) is 12.7. The van der Waals surface area contributed by atoms with Crippen LogP contribution in [0.15, 0.2) is 204 Å². The first-order chi connectivity index (χ1) is 30.9. The number of rotatable bonds is 6. The minimum atomic E-state index is -0.138. The predicted octanol–water partition coefficient (Wildman–Crippen LogP) is 15.6. The summed E-state index contributed by atoms with van der Waals surface area (Å²) in [5, 5.41) is 0. The van der Waals surface area contributed by atoms with E-state index in [1.807, 2.05) is 0 Å². The molecule has 8 aliphatic rings. The fourth-order valence-electron chi connectivity index (χ4n) is 12.7. The molecule has 4 atom stereocenters. The summed E-state index contributed by atoms with van der Waals surface area (Å²) in [6.45, 7) is 21.0. The molecular weight excluding hydrogens is 773 g/mol. The van der Waals surface area contributed by atoms with Gasteiger partial charge in [0.05, 0.1) is 5.69 Å². The molecule has 4 unspecified atom stereocenters. The molecule has 0 aromatic heterocycles. The molecule has 64 heavy (non-hydrogen) atoms. The summed E-state index contributed by atoms with van der Waals surface area (Å²) in [5.74, 6) is 1.44. The molecule has 0 radical (unpaired) electrons. The third-order valence-corrected chi connectivity index (χ3v) is 16.2. The molecule has 0 spiro atoms. The monoisotopic (exact) mass is 834 g/mol. The van der Waals surface area contributed by atoms with E-state index in [1.54, 1.807) is 0 Å². The van der Waals surface area contributed by atoms with Gasteiger partial charge in [-0.2, -0.15) is 0 Å². The molecule has 6 aliphatic carbocycles. The van der Waals surface area contributed by atoms with Crippen LogP contribution in [0.4, 0.5) is 5.69 Å². The average molecular weight is 835 g/mol. The van der Waals surface area contributed by atoms with Crippen molar-refractivity contribution in [2.45, 2.75) is 102 Å². The van der Waals surface area contributed by atoms with Crippen molar-refractivity contribution in [2.24, 2.45) is 11.8 Å². The fraction of sp³-hybridized carbons (Fsp3) is 0.290. The van der Waals surface area contributed by atoms with Crippen LogP contribution in [-0.4, -0.2) is 4.90 Å². The Morgan fingerprint density at radius 3 is 1.88 bits per heavy atom. The summed E-state index contributed by atoms with van der Waals surface area (Å²) >= 11 is 0. The Balaban J connectivity index is 0.874. The van der Waals surface area contributed by atoms with Crippen LogP contribution < -0.4 is 4.90 Å². The molecule has 3 aromatic rings. The van der Waals surface area contributed by atoms with E-state index < -0.39 is 0 Å². The van der Waals surface area contributed by atoms with Crippen molar-refractivity contribution in [3.05, 3.63) is 243 Å². The second-order valence-corrected chi connectivity index (χ2v) is 20.8. The molecule has 0 saturated carbocycles. The van der Waals surface area contributed by atoms with Crippen LogP contribution in [0.3, 0.4) is 0 Å². The Hall–Kier alpha value is -6.12. The SMILES string of the molecule is C=CC1=C(/C=C\C)C(C)(C)c2ccccc2N1C1=CC2C(C=C1)c1ccc(/C=C/c3ccc4c(c3)C(C)(C)C3C=C(N5C6=C(C=CC7=C5CCC=C7)CCC=C6)C=CC43)cc1C2(C)C. The van der Waals surface area contributed by atoms with Crippen LogP contribution in [0.5, 0.6) is 0 Å². The quantitative estimate of drug-likeness (QED) is 0.228. The summed E-state index contributed by atoms with van der Waals surface area (Å²) in [6.07, 6.45) is 44.6. The number of hydrogen-bond acceptors (Lipinski definition) is 2. The minimum Gasteiger partial charge on any atom is -0.314 e. The normalized spacial score (nSPS) is 26.4. The zero-order chi connectivity index (χ0) is 44.1. The van der Waals surface area contributed by atoms with Crippen molar-refractivity contribution < 1.29 is 0 Å². The van der Waals surface area contributed by atoms with E-state index in [-0.39, 0.29) is 16.2 Å². The Bertz CT molecular complexity index is 2910. The molecule has 0 bridgehead atoms. The molecule has 2 nitrogen and oxygen atoms in total. The Kier molecular flexibility index (Phi) is 9.51. The van der Waals surface area contributed by atoms with Gasteiger partial charge in [-0.25, -0.2) is 0 Å². The van der Waals surface area contributed by atoms with Gasteiger partial charge >= 0.3 is 0 Å². The van der Waals surface area contributed by atoms with Gasteiger partial charge in [-0.05, 0) is 141 Å². The molecule has 2 aliphatic heterocycles. The maximum Gasteiger partial charge on any atom is 0.0502 e. The van der Waals surface area contributed by atoms with E-state index in [0.29, 0.717) is 23.7 Å². The number of para-hydroxylation sites is 1. The summed E-state index contributed by atoms with van der Waals surface area (Å²) in [7, 11) is 0. The molecule has 0 fully saturated rings. The highest BCUT2D eigenvalue weighted by molar-refractivity contribution is 5.76. The van der Waals surface area contributed by atoms with Gasteiger partial charge in [-0.1, -0.05) is 182 Å². The predicted molar refractivity (Wildman–Crippen MR) is 271 cm³/mol. The number of hydrogen-bond donors (Lipinski definition) is 0. The van der Waals surface area contributed by atoms with Gasteiger partial charge in [0, 0.05) is 45.7 Å². The summed E-state index contributed by atoms with van der Waals surface area (Å²) < 4.78 is 0. The maximum absolute atomic E-state index is 4.36. The molecule has 0 amide bonds. The van der Waals surface area contributed by atoms with Gasteiger partial charge < -0.3 is 9.80 Å². The van der Waals surface area contributed by atoms with Gasteiger partial charge in [0.25, 0.3) is 0 Å². The molecule has 0 saturated heterocycles. The Morgan fingerprint density at radius 2 is 1.23 bits per heavy atom. The highest BCUT2D eigenvalue weighted by atomic mass is 15.2. The first-order valence-corrected chi connectivity index (χ1v) is 23.9. The number of nitrogens with zero attached hydrogens (tertiary/aromatic N) is 2. The van der Waals surface area contributed by atoms with Crippen LogP contribution in [-0.2, 0) is 16.2 Å². The van der Waals surface area contributed by atoms with E-state index in [1.165, 1.54) is 84.1 Å². The van der Waals surface area contributed by atoms with E-state index >= 15 is 0 Å². The molecule has 2 heteroatoms. The first kappa shape index (κ1) is 40.6. The van der Waals surface area contributed by atoms with E-state index in [9.17, 15) is 0 Å². The zero-order valence-electron chi connectivity index (χ0n) is 38.8. The number of anilines is 1. The van der Waals surface area contributed by atoms with Crippen molar-refractivity contribution in [1.82, 2.24) is 4.90 Å². The lowest BCUT2D eigenvalue weighted by Crippen LogP contribution is -2.36. The van der Waals surface area contributed by atoms with Gasteiger partial charge in [-0.3, -0.25) is 0 Å². The second kappa shape index (κ2) is 15.0. The topological polar surface area (TPSA) is 6.48 Å². The van der Waals surface area contributed by atoms with E-state index in [4.69, 9.17) is 0 Å². The van der Waals surface area contributed by atoms with Crippen molar-refractivity contribution in [1.29, 1.82) is 0 Å².